The Kier molecular flexibility index (Phi) is 6.90. The number of nitrogens with one attached hydrogen (secondary N) is 2. The van der Waals surface area contributed by atoms with Crippen molar-refractivity contribution in [2.45, 2.75) is 39.0 Å². The van der Waals surface area contributed by atoms with E-state index in [9.17, 15) is 9.59 Å². The van der Waals surface area contributed by atoms with Crippen LogP contribution in [0.2, 0.25) is 0 Å². The first kappa shape index (κ1) is 18.1. The first-order valence-corrected chi connectivity index (χ1v) is 8.57. The van der Waals surface area contributed by atoms with Gasteiger partial charge in [-0.1, -0.05) is 19.3 Å². The van der Waals surface area contributed by atoms with Crippen LogP contribution in [0.4, 0.5) is 11.4 Å². The highest BCUT2D eigenvalue weighted by molar-refractivity contribution is 5.90. The zero-order chi connectivity index (χ0) is 17.4. The standard InChI is InChI=1S/C18H27N3O3/c1-14(22)20-15-8-9-17(24-2)16(12-15)19-13-18(23)21-10-6-4-3-5-7-11-21/h8-9,12,19H,3-7,10-11,13H2,1-2H3,(H,20,22). The molecular weight excluding hydrogens is 306 g/mol. The van der Waals surface area contributed by atoms with Gasteiger partial charge in [0.25, 0.3) is 0 Å². The van der Waals surface area contributed by atoms with E-state index < -0.39 is 0 Å². The Hall–Kier alpha value is -2.24. The van der Waals surface area contributed by atoms with E-state index >= 15 is 0 Å². The van der Waals surface area contributed by atoms with Gasteiger partial charge in [-0.25, -0.2) is 0 Å². The second-order valence-corrected chi connectivity index (χ2v) is 6.10. The smallest absolute Gasteiger partial charge is 0.241 e. The van der Waals surface area contributed by atoms with Crippen molar-refractivity contribution in [1.29, 1.82) is 0 Å². The maximum Gasteiger partial charge on any atom is 0.241 e. The number of methoxy groups -OCH3 is 1. The molecule has 24 heavy (non-hydrogen) atoms. The molecule has 2 amide bonds. The van der Waals surface area contributed by atoms with Crippen LogP contribution in [0.25, 0.3) is 0 Å². The number of rotatable bonds is 5. The van der Waals surface area contributed by atoms with Crippen LogP contribution in [0.1, 0.15) is 39.0 Å². The summed E-state index contributed by atoms with van der Waals surface area (Å²) in [7, 11) is 1.58. The molecule has 1 aromatic rings. The molecular formula is C18H27N3O3. The largest absolute Gasteiger partial charge is 0.495 e. The summed E-state index contributed by atoms with van der Waals surface area (Å²) in [5, 5.41) is 5.88. The fourth-order valence-corrected chi connectivity index (χ4v) is 2.91. The summed E-state index contributed by atoms with van der Waals surface area (Å²) in [4.78, 5) is 25.6. The lowest BCUT2D eigenvalue weighted by Gasteiger charge is -2.25. The van der Waals surface area contributed by atoms with E-state index in [1.807, 2.05) is 4.90 Å². The third-order valence-electron chi connectivity index (χ3n) is 4.16. The molecule has 0 radical (unpaired) electrons. The second-order valence-electron chi connectivity index (χ2n) is 6.10. The Bertz CT molecular complexity index is 567. The molecule has 0 atom stereocenters. The van der Waals surface area contributed by atoms with Gasteiger partial charge in [-0.2, -0.15) is 0 Å². The average molecular weight is 333 g/mol. The molecule has 1 fully saturated rings. The Morgan fingerprint density at radius 2 is 1.79 bits per heavy atom. The van der Waals surface area contributed by atoms with E-state index in [-0.39, 0.29) is 18.4 Å². The topological polar surface area (TPSA) is 70.7 Å². The lowest BCUT2D eigenvalue weighted by atomic mass is 10.1. The fourth-order valence-electron chi connectivity index (χ4n) is 2.91. The van der Waals surface area contributed by atoms with E-state index in [1.165, 1.54) is 26.2 Å². The molecule has 0 aromatic heterocycles. The summed E-state index contributed by atoms with van der Waals surface area (Å²) in [6.07, 6.45) is 5.82. The van der Waals surface area contributed by atoms with Gasteiger partial charge in [0.1, 0.15) is 5.75 Å². The van der Waals surface area contributed by atoms with Crippen LogP contribution in [-0.2, 0) is 9.59 Å². The van der Waals surface area contributed by atoms with Gasteiger partial charge in [0, 0.05) is 25.7 Å². The number of likely N-dealkylation sites (tertiary alicyclic amines) is 1. The van der Waals surface area contributed by atoms with Crippen molar-refractivity contribution in [2.75, 3.05) is 37.4 Å². The zero-order valence-corrected chi connectivity index (χ0v) is 14.6. The van der Waals surface area contributed by atoms with Gasteiger partial charge in [-0.3, -0.25) is 9.59 Å². The molecule has 0 aliphatic carbocycles. The number of anilines is 2. The Labute approximate surface area is 143 Å². The van der Waals surface area contributed by atoms with Crippen LogP contribution in [0.3, 0.4) is 0 Å². The van der Waals surface area contributed by atoms with Crippen LogP contribution < -0.4 is 15.4 Å². The maximum atomic E-state index is 12.5. The van der Waals surface area contributed by atoms with Gasteiger partial charge in [0.15, 0.2) is 0 Å². The maximum absolute atomic E-state index is 12.5. The summed E-state index contributed by atoms with van der Waals surface area (Å²) >= 11 is 0. The highest BCUT2D eigenvalue weighted by atomic mass is 16.5. The number of hydrogen-bond acceptors (Lipinski definition) is 4. The van der Waals surface area contributed by atoms with Crippen molar-refractivity contribution in [3.63, 3.8) is 0 Å². The van der Waals surface area contributed by atoms with E-state index in [0.717, 1.165) is 25.9 Å². The summed E-state index contributed by atoms with van der Waals surface area (Å²) in [6, 6.07) is 5.32. The molecule has 1 aromatic carbocycles. The van der Waals surface area contributed by atoms with E-state index in [2.05, 4.69) is 10.6 Å². The quantitative estimate of drug-likeness (QED) is 0.869. The molecule has 0 spiro atoms. The van der Waals surface area contributed by atoms with Gasteiger partial charge >= 0.3 is 0 Å². The number of nitrogens with zero attached hydrogens (tertiary/aromatic N) is 1. The Morgan fingerprint density at radius 1 is 1.12 bits per heavy atom. The molecule has 2 rings (SSSR count). The van der Waals surface area contributed by atoms with Crippen LogP contribution >= 0.6 is 0 Å². The fraction of sp³-hybridized carbons (Fsp3) is 0.556. The van der Waals surface area contributed by atoms with Crippen LogP contribution in [0.5, 0.6) is 5.75 Å². The van der Waals surface area contributed by atoms with Crippen molar-refractivity contribution in [2.24, 2.45) is 0 Å². The normalized spacial score (nSPS) is 15.2. The van der Waals surface area contributed by atoms with Crippen molar-refractivity contribution in [1.82, 2.24) is 4.90 Å². The molecule has 1 saturated heterocycles. The number of carbonyl (C=O) groups is 2. The number of benzene rings is 1. The van der Waals surface area contributed by atoms with Gasteiger partial charge in [0.05, 0.1) is 19.3 Å². The third-order valence-corrected chi connectivity index (χ3v) is 4.16. The van der Waals surface area contributed by atoms with E-state index in [4.69, 9.17) is 4.74 Å². The van der Waals surface area contributed by atoms with Crippen LogP contribution in [-0.4, -0.2) is 43.5 Å². The molecule has 1 aliphatic rings. The lowest BCUT2D eigenvalue weighted by molar-refractivity contribution is -0.129. The predicted molar refractivity (Wildman–Crippen MR) is 95.5 cm³/mol. The molecule has 0 bridgehead atoms. The summed E-state index contributed by atoms with van der Waals surface area (Å²) in [5.41, 5.74) is 1.37. The van der Waals surface area contributed by atoms with Crippen molar-refractivity contribution in [3.8, 4) is 5.75 Å². The van der Waals surface area contributed by atoms with Crippen LogP contribution in [0.15, 0.2) is 18.2 Å². The molecule has 6 nitrogen and oxygen atoms in total. The second kappa shape index (κ2) is 9.15. The van der Waals surface area contributed by atoms with Crippen molar-refractivity contribution < 1.29 is 14.3 Å². The monoisotopic (exact) mass is 333 g/mol. The molecule has 132 valence electrons. The molecule has 1 heterocycles. The summed E-state index contributed by atoms with van der Waals surface area (Å²) in [5.74, 6) is 0.608. The van der Waals surface area contributed by atoms with Gasteiger partial charge < -0.3 is 20.3 Å². The molecule has 1 aliphatic heterocycles. The van der Waals surface area contributed by atoms with Crippen LogP contribution in [0, 0.1) is 0 Å². The third kappa shape index (κ3) is 5.44. The number of hydrogen-bond donors (Lipinski definition) is 2. The van der Waals surface area contributed by atoms with Gasteiger partial charge in [-0.05, 0) is 31.0 Å². The zero-order valence-electron chi connectivity index (χ0n) is 14.6. The van der Waals surface area contributed by atoms with E-state index in [0.29, 0.717) is 17.1 Å². The lowest BCUT2D eigenvalue weighted by Crippen LogP contribution is -2.37. The first-order chi connectivity index (χ1) is 11.6. The van der Waals surface area contributed by atoms with Crippen molar-refractivity contribution in [3.05, 3.63) is 18.2 Å². The number of carbonyl (C=O) groups excluding carboxylic acids is 2. The minimum absolute atomic E-state index is 0.101. The summed E-state index contributed by atoms with van der Waals surface area (Å²) in [6.45, 7) is 3.36. The van der Waals surface area contributed by atoms with Gasteiger partial charge in [-0.15, -0.1) is 0 Å². The van der Waals surface area contributed by atoms with Gasteiger partial charge in [0.2, 0.25) is 11.8 Å². The highest BCUT2D eigenvalue weighted by Gasteiger charge is 2.15. The number of amides is 2. The molecule has 2 N–H and O–H groups in total. The highest BCUT2D eigenvalue weighted by Crippen LogP contribution is 2.27. The Balaban J connectivity index is 1.98. The summed E-state index contributed by atoms with van der Waals surface area (Å²) < 4.78 is 5.32. The molecule has 0 unspecified atom stereocenters. The minimum Gasteiger partial charge on any atom is -0.495 e. The first-order valence-electron chi connectivity index (χ1n) is 8.57. The number of ether oxygens (including phenoxy) is 1. The molecule has 6 heteroatoms. The SMILES string of the molecule is COc1ccc(NC(C)=O)cc1NCC(=O)N1CCCCCCC1. The molecule has 0 saturated carbocycles. The average Bonchev–Trinajstić information content (AvgIpc) is 2.52. The predicted octanol–water partition coefficient (Wildman–Crippen LogP) is 2.86. The van der Waals surface area contributed by atoms with Crippen molar-refractivity contribution >= 4 is 23.2 Å². The minimum atomic E-state index is -0.136. The van der Waals surface area contributed by atoms with E-state index in [1.54, 1.807) is 25.3 Å². The Morgan fingerprint density at radius 3 is 2.42 bits per heavy atom.